The first-order chi connectivity index (χ1) is 10.6. The zero-order valence-corrected chi connectivity index (χ0v) is 13.5. The van der Waals surface area contributed by atoms with E-state index in [1.807, 2.05) is 0 Å². The molecule has 2 aliphatic rings. The molecular formula is C17H23ClFN2O+. The fourth-order valence-corrected chi connectivity index (χ4v) is 4.13. The van der Waals surface area contributed by atoms with Crippen molar-refractivity contribution in [3.8, 4) is 0 Å². The summed E-state index contributed by atoms with van der Waals surface area (Å²) in [6.45, 7) is 2.56. The molecule has 1 amide bonds. The number of hydrogen-bond acceptors (Lipinski definition) is 1. The summed E-state index contributed by atoms with van der Waals surface area (Å²) in [4.78, 5) is 13.5. The van der Waals surface area contributed by atoms with Crippen molar-refractivity contribution in [1.29, 1.82) is 0 Å². The Morgan fingerprint density at radius 2 is 2.05 bits per heavy atom. The van der Waals surface area contributed by atoms with E-state index in [9.17, 15) is 9.18 Å². The number of piperidine rings is 1. The van der Waals surface area contributed by atoms with Gasteiger partial charge < -0.3 is 10.2 Å². The first-order valence-electron chi connectivity index (χ1n) is 8.20. The van der Waals surface area contributed by atoms with Gasteiger partial charge >= 0.3 is 0 Å². The van der Waals surface area contributed by atoms with E-state index in [1.54, 1.807) is 6.07 Å². The van der Waals surface area contributed by atoms with Gasteiger partial charge in [0.15, 0.2) is 6.54 Å². The molecule has 2 fully saturated rings. The van der Waals surface area contributed by atoms with Gasteiger partial charge in [0.25, 0.3) is 5.91 Å². The largest absolute Gasteiger partial charge is 0.327 e. The Balaban J connectivity index is 1.53. The molecule has 1 aliphatic heterocycles. The highest BCUT2D eigenvalue weighted by Crippen LogP contribution is 2.32. The molecule has 1 unspecified atom stereocenters. The predicted molar refractivity (Wildman–Crippen MR) is 85.7 cm³/mol. The van der Waals surface area contributed by atoms with Crippen LogP contribution >= 0.6 is 11.6 Å². The lowest BCUT2D eigenvalue weighted by atomic mass is 9.75. The van der Waals surface area contributed by atoms with Crippen LogP contribution in [0.1, 0.15) is 32.1 Å². The van der Waals surface area contributed by atoms with Crippen LogP contribution in [-0.2, 0) is 4.79 Å². The second kappa shape index (κ2) is 6.97. The maximum absolute atomic E-state index is 13.7. The van der Waals surface area contributed by atoms with Crippen LogP contribution in [0.2, 0.25) is 5.02 Å². The molecule has 5 heteroatoms. The van der Waals surface area contributed by atoms with E-state index in [-0.39, 0.29) is 11.6 Å². The van der Waals surface area contributed by atoms with Gasteiger partial charge in [-0.15, -0.1) is 0 Å². The Morgan fingerprint density at radius 3 is 2.82 bits per heavy atom. The molecule has 2 N–H and O–H groups in total. The van der Waals surface area contributed by atoms with Crippen LogP contribution < -0.4 is 10.2 Å². The van der Waals surface area contributed by atoms with Gasteiger partial charge in [-0.25, -0.2) is 4.39 Å². The van der Waals surface area contributed by atoms with Crippen molar-refractivity contribution in [2.24, 2.45) is 11.8 Å². The fraction of sp³-hybridized carbons (Fsp3) is 0.588. The van der Waals surface area contributed by atoms with Gasteiger partial charge in [0, 0.05) is 10.9 Å². The zero-order chi connectivity index (χ0) is 15.5. The molecule has 1 aliphatic carbocycles. The molecule has 1 aromatic carbocycles. The van der Waals surface area contributed by atoms with Crippen molar-refractivity contribution in [1.82, 2.24) is 0 Å². The SMILES string of the molecule is O=C(C[NH+]1CC[C@H]2CCCC[C@@H]2C1)Nc1ccc(Cl)cc1F. The molecule has 1 saturated carbocycles. The Morgan fingerprint density at radius 1 is 1.27 bits per heavy atom. The van der Waals surface area contributed by atoms with E-state index in [2.05, 4.69) is 5.32 Å². The van der Waals surface area contributed by atoms with Gasteiger partial charge in [-0.05, 0) is 43.4 Å². The van der Waals surface area contributed by atoms with Gasteiger partial charge in [-0.3, -0.25) is 4.79 Å². The van der Waals surface area contributed by atoms with Crippen LogP contribution in [0.25, 0.3) is 0 Å². The molecule has 1 heterocycles. The molecule has 22 heavy (non-hydrogen) atoms. The second-order valence-electron chi connectivity index (χ2n) is 6.65. The van der Waals surface area contributed by atoms with Gasteiger partial charge in [0.1, 0.15) is 5.82 Å². The summed E-state index contributed by atoms with van der Waals surface area (Å²) in [6.07, 6.45) is 6.59. The Kier molecular flexibility index (Phi) is 4.99. The van der Waals surface area contributed by atoms with Gasteiger partial charge in [-0.1, -0.05) is 24.4 Å². The number of hydrogen-bond donors (Lipinski definition) is 2. The van der Waals surface area contributed by atoms with E-state index in [1.165, 1.54) is 49.1 Å². The average molecular weight is 326 g/mol. The molecule has 0 bridgehead atoms. The number of anilines is 1. The number of rotatable bonds is 3. The number of nitrogens with one attached hydrogen (secondary N) is 2. The topological polar surface area (TPSA) is 33.5 Å². The van der Waals surface area contributed by atoms with Crippen LogP contribution in [0.15, 0.2) is 18.2 Å². The molecule has 0 aromatic heterocycles. The minimum atomic E-state index is -0.484. The van der Waals surface area contributed by atoms with Crippen LogP contribution in [0.5, 0.6) is 0 Å². The summed E-state index contributed by atoms with van der Waals surface area (Å²) in [5.41, 5.74) is 0.210. The van der Waals surface area contributed by atoms with Crippen molar-refractivity contribution in [3.05, 3.63) is 29.0 Å². The molecule has 3 rings (SSSR count). The Bertz CT molecular complexity index is 551. The number of benzene rings is 1. The number of carbonyl (C=O) groups is 1. The summed E-state index contributed by atoms with van der Waals surface area (Å²) in [5, 5.41) is 3.00. The van der Waals surface area contributed by atoms with Gasteiger partial charge in [-0.2, -0.15) is 0 Å². The minimum Gasteiger partial charge on any atom is -0.327 e. The molecule has 1 saturated heterocycles. The molecule has 120 valence electrons. The highest BCUT2D eigenvalue weighted by molar-refractivity contribution is 6.30. The highest BCUT2D eigenvalue weighted by atomic mass is 35.5. The molecular weight excluding hydrogens is 303 g/mol. The maximum atomic E-state index is 13.7. The molecule has 1 aromatic rings. The van der Waals surface area contributed by atoms with E-state index in [4.69, 9.17) is 11.6 Å². The minimum absolute atomic E-state index is 0.120. The van der Waals surface area contributed by atoms with Gasteiger partial charge in [0.05, 0.1) is 18.8 Å². The first-order valence-corrected chi connectivity index (χ1v) is 8.58. The number of amides is 1. The molecule has 0 spiro atoms. The monoisotopic (exact) mass is 325 g/mol. The van der Waals surface area contributed by atoms with Crippen molar-refractivity contribution in [2.75, 3.05) is 25.0 Å². The smallest absolute Gasteiger partial charge is 0.279 e. The van der Waals surface area contributed by atoms with E-state index in [0.29, 0.717) is 11.6 Å². The Hall–Kier alpha value is -1.13. The fourth-order valence-electron chi connectivity index (χ4n) is 3.97. The van der Waals surface area contributed by atoms with Crippen molar-refractivity contribution < 1.29 is 14.1 Å². The van der Waals surface area contributed by atoms with Crippen molar-refractivity contribution in [2.45, 2.75) is 32.1 Å². The molecule has 3 atom stereocenters. The van der Waals surface area contributed by atoms with E-state index < -0.39 is 5.82 Å². The van der Waals surface area contributed by atoms with Crippen LogP contribution in [0, 0.1) is 17.7 Å². The summed E-state index contributed by atoms with van der Waals surface area (Å²) < 4.78 is 13.7. The maximum Gasteiger partial charge on any atom is 0.279 e. The lowest BCUT2D eigenvalue weighted by Crippen LogP contribution is -3.15. The third-order valence-electron chi connectivity index (χ3n) is 5.10. The zero-order valence-electron chi connectivity index (χ0n) is 12.7. The summed E-state index contributed by atoms with van der Waals surface area (Å²) in [6, 6.07) is 4.32. The van der Waals surface area contributed by atoms with Gasteiger partial charge in [0.2, 0.25) is 0 Å². The molecule has 3 nitrogen and oxygen atoms in total. The standard InChI is InChI=1S/C17H22ClFN2O/c18-14-5-6-16(15(19)9-14)20-17(22)11-21-8-7-12-3-1-2-4-13(12)10-21/h5-6,9,12-13H,1-4,7-8,10-11H2,(H,20,22)/p+1/t12-,13-/m1/s1. The van der Waals surface area contributed by atoms with E-state index in [0.717, 1.165) is 24.9 Å². The third kappa shape index (κ3) is 3.79. The number of fused-ring (bicyclic) bond motifs is 1. The quantitative estimate of drug-likeness (QED) is 0.879. The number of likely N-dealkylation sites (tertiary alicyclic amines) is 1. The highest BCUT2D eigenvalue weighted by Gasteiger charge is 2.34. The first kappa shape index (κ1) is 15.8. The van der Waals surface area contributed by atoms with Crippen molar-refractivity contribution >= 4 is 23.2 Å². The average Bonchev–Trinajstić information content (AvgIpc) is 2.50. The number of carbonyl (C=O) groups excluding carboxylic acids is 1. The summed E-state index contributed by atoms with van der Waals surface area (Å²) >= 11 is 5.72. The predicted octanol–water partition coefficient (Wildman–Crippen LogP) is 2.51. The van der Waals surface area contributed by atoms with E-state index >= 15 is 0 Å². The third-order valence-corrected chi connectivity index (χ3v) is 5.34. The molecule has 0 radical (unpaired) electrons. The summed E-state index contributed by atoms with van der Waals surface area (Å²) in [5.74, 6) is 1.04. The lowest BCUT2D eigenvalue weighted by molar-refractivity contribution is -0.902. The van der Waals surface area contributed by atoms with Crippen LogP contribution in [0.3, 0.4) is 0 Å². The normalized spacial score (nSPS) is 28.0. The van der Waals surface area contributed by atoms with Crippen LogP contribution in [-0.4, -0.2) is 25.5 Å². The summed E-state index contributed by atoms with van der Waals surface area (Å²) in [7, 11) is 0. The lowest BCUT2D eigenvalue weighted by Gasteiger charge is -2.38. The number of halogens is 2. The van der Waals surface area contributed by atoms with Crippen LogP contribution in [0.4, 0.5) is 10.1 Å². The van der Waals surface area contributed by atoms with Crippen molar-refractivity contribution in [3.63, 3.8) is 0 Å². The Labute approximate surface area is 135 Å². The number of quaternary nitrogens is 1. The second-order valence-corrected chi connectivity index (χ2v) is 7.08.